The van der Waals surface area contributed by atoms with Crippen molar-refractivity contribution >= 4 is 34.3 Å². The van der Waals surface area contributed by atoms with Crippen LogP contribution in [0.3, 0.4) is 0 Å². The molecule has 0 atom stereocenters. The minimum absolute atomic E-state index is 0.0399. The Morgan fingerprint density at radius 2 is 1.65 bits per heavy atom. The maximum atomic E-state index is 12.9. The molecular formula is C24H30N8O2. The van der Waals surface area contributed by atoms with Crippen molar-refractivity contribution in [3.05, 3.63) is 46.4 Å². The van der Waals surface area contributed by atoms with E-state index >= 15 is 0 Å². The van der Waals surface area contributed by atoms with Gasteiger partial charge in [-0.15, -0.1) is 0 Å². The summed E-state index contributed by atoms with van der Waals surface area (Å²) in [6, 6.07) is 7.32. The maximum Gasteiger partial charge on any atom is 0.277 e. The fraction of sp³-hybridized carbons (Fsp3) is 0.458. The number of amides is 1. The van der Waals surface area contributed by atoms with E-state index in [1.54, 1.807) is 6.20 Å². The van der Waals surface area contributed by atoms with Crippen LogP contribution in [0.1, 0.15) is 36.0 Å². The zero-order chi connectivity index (χ0) is 23.5. The Kier molecular flexibility index (Phi) is 6.39. The Labute approximate surface area is 198 Å². The molecule has 2 aliphatic rings. The van der Waals surface area contributed by atoms with Crippen LogP contribution in [0.2, 0.25) is 0 Å². The smallest absolute Gasteiger partial charge is 0.277 e. The average molecular weight is 463 g/mol. The van der Waals surface area contributed by atoms with E-state index in [2.05, 4.69) is 37.3 Å². The van der Waals surface area contributed by atoms with E-state index in [9.17, 15) is 9.59 Å². The molecular weight excluding hydrogens is 432 g/mol. The molecule has 3 aromatic rings. The van der Waals surface area contributed by atoms with Crippen molar-refractivity contribution in [3.8, 4) is 0 Å². The first kappa shape index (κ1) is 22.3. The van der Waals surface area contributed by atoms with Gasteiger partial charge in [-0.2, -0.15) is 10.1 Å². The van der Waals surface area contributed by atoms with Gasteiger partial charge in [-0.25, -0.2) is 10.1 Å². The van der Waals surface area contributed by atoms with Crippen LogP contribution in [0.15, 0.2) is 35.3 Å². The lowest BCUT2D eigenvalue weighted by Gasteiger charge is -2.32. The van der Waals surface area contributed by atoms with Gasteiger partial charge < -0.3 is 20.0 Å². The van der Waals surface area contributed by atoms with Crippen molar-refractivity contribution in [1.82, 2.24) is 30.0 Å². The van der Waals surface area contributed by atoms with Crippen LogP contribution >= 0.6 is 0 Å². The zero-order valence-corrected chi connectivity index (χ0v) is 19.5. The molecule has 2 N–H and O–H groups in total. The number of aromatic amines is 1. The predicted octanol–water partition coefficient (Wildman–Crippen LogP) is 2.22. The third-order valence-corrected chi connectivity index (χ3v) is 6.58. The Balaban J connectivity index is 1.41. The minimum Gasteiger partial charge on any atom is -0.341 e. The van der Waals surface area contributed by atoms with Crippen LogP contribution in [-0.4, -0.2) is 82.2 Å². The number of rotatable bonds is 4. The summed E-state index contributed by atoms with van der Waals surface area (Å²) < 4.78 is 0. The van der Waals surface area contributed by atoms with Gasteiger partial charge in [-0.3, -0.25) is 9.59 Å². The average Bonchev–Trinajstić information content (AvgIpc) is 3.14. The van der Waals surface area contributed by atoms with Crippen LogP contribution in [0.5, 0.6) is 0 Å². The lowest BCUT2D eigenvalue weighted by molar-refractivity contribution is 0.0664. The highest BCUT2D eigenvalue weighted by atomic mass is 16.2. The molecule has 34 heavy (non-hydrogen) atoms. The highest BCUT2D eigenvalue weighted by Gasteiger charge is 2.21. The zero-order valence-electron chi connectivity index (χ0n) is 19.5. The van der Waals surface area contributed by atoms with Crippen molar-refractivity contribution in [2.45, 2.75) is 25.7 Å². The standard InChI is InChI=1S/C24H30N8O2/c1-30-12-14-31(15-13-30)23(34)17-6-8-18(9-7-17)26-21-20-19(16-25-29-22(20)33)27-24(28-21)32-10-4-2-3-5-11-32/h6-9,16H,2-5,10-15H2,1H3,(H,29,33)(H,26,27,28). The normalized spacial score (nSPS) is 17.6. The summed E-state index contributed by atoms with van der Waals surface area (Å²) >= 11 is 0. The van der Waals surface area contributed by atoms with E-state index in [4.69, 9.17) is 4.98 Å². The summed E-state index contributed by atoms with van der Waals surface area (Å²) in [4.78, 5) is 41.1. The first-order chi connectivity index (χ1) is 16.6. The Hall–Kier alpha value is -3.53. The summed E-state index contributed by atoms with van der Waals surface area (Å²) in [5.74, 6) is 1.08. The molecule has 10 nitrogen and oxygen atoms in total. The molecule has 2 aromatic heterocycles. The summed E-state index contributed by atoms with van der Waals surface area (Å²) in [6.45, 7) is 5.02. The number of nitrogens with zero attached hydrogens (tertiary/aromatic N) is 6. The molecule has 10 heteroatoms. The van der Waals surface area contributed by atoms with Crippen molar-refractivity contribution in [3.63, 3.8) is 0 Å². The number of aromatic nitrogens is 4. The van der Waals surface area contributed by atoms with Crippen LogP contribution in [0.4, 0.5) is 17.5 Å². The Morgan fingerprint density at radius 1 is 0.941 bits per heavy atom. The van der Waals surface area contributed by atoms with Crippen molar-refractivity contribution in [1.29, 1.82) is 0 Å². The number of nitrogens with one attached hydrogen (secondary N) is 2. The molecule has 2 fully saturated rings. The van der Waals surface area contributed by atoms with Gasteiger partial charge in [0.15, 0.2) is 0 Å². The Morgan fingerprint density at radius 3 is 2.35 bits per heavy atom. The molecule has 0 saturated carbocycles. The quantitative estimate of drug-likeness (QED) is 0.607. The number of likely N-dealkylation sites (N-methyl/N-ethyl adjacent to an activating group) is 1. The molecule has 2 saturated heterocycles. The van der Waals surface area contributed by atoms with Gasteiger partial charge in [0.2, 0.25) is 5.95 Å². The van der Waals surface area contributed by atoms with E-state index in [-0.39, 0.29) is 11.5 Å². The van der Waals surface area contributed by atoms with E-state index < -0.39 is 0 Å². The third kappa shape index (κ3) is 4.72. The number of hydrogen-bond acceptors (Lipinski definition) is 8. The Bertz CT molecular complexity index is 1210. The van der Waals surface area contributed by atoms with Crippen LogP contribution in [0.25, 0.3) is 10.9 Å². The molecule has 0 bridgehead atoms. The van der Waals surface area contributed by atoms with E-state index in [1.807, 2.05) is 29.2 Å². The summed E-state index contributed by atoms with van der Waals surface area (Å²) in [5, 5.41) is 10.1. The first-order valence-corrected chi connectivity index (χ1v) is 11.9. The number of fused-ring (bicyclic) bond motifs is 1. The molecule has 4 heterocycles. The molecule has 2 aliphatic heterocycles. The van der Waals surface area contributed by atoms with Crippen molar-refractivity contribution < 1.29 is 4.79 Å². The third-order valence-electron chi connectivity index (χ3n) is 6.58. The SMILES string of the molecule is CN1CCN(C(=O)c2ccc(Nc3nc(N4CCCCCC4)nc4cn[nH]c(=O)c34)cc2)CC1. The van der Waals surface area contributed by atoms with Gasteiger partial charge >= 0.3 is 0 Å². The number of hydrogen-bond donors (Lipinski definition) is 2. The number of carbonyl (C=O) groups excluding carboxylic acids is 1. The van der Waals surface area contributed by atoms with Crippen molar-refractivity contribution in [2.75, 3.05) is 56.5 Å². The van der Waals surface area contributed by atoms with Crippen LogP contribution in [0, 0.1) is 0 Å². The summed E-state index contributed by atoms with van der Waals surface area (Å²) in [7, 11) is 2.07. The van der Waals surface area contributed by atoms with Crippen LogP contribution < -0.4 is 15.8 Å². The highest BCUT2D eigenvalue weighted by Crippen LogP contribution is 2.25. The molecule has 0 spiro atoms. The maximum absolute atomic E-state index is 12.9. The molecule has 5 rings (SSSR count). The predicted molar refractivity (Wildman–Crippen MR) is 132 cm³/mol. The van der Waals surface area contributed by atoms with Gasteiger partial charge in [-0.05, 0) is 44.2 Å². The number of carbonyl (C=O) groups is 1. The van der Waals surface area contributed by atoms with Crippen LogP contribution in [-0.2, 0) is 0 Å². The fourth-order valence-corrected chi connectivity index (χ4v) is 4.52. The molecule has 1 aromatic carbocycles. The van der Waals surface area contributed by atoms with Gasteiger partial charge in [0.1, 0.15) is 16.7 Å². The minimum atomic E-state index is -0.343. The molecule has 1 amide bonds. The second-order valence-corrected chi connectivity index (χ2v) is 9.03. The monoisotopic (exact) mass is 462 g/mol. The van der Waals surface area contributed by atoms with Gasteiger partial charge in [-0.1, -0.05) is 12.8 Å². The van der Waals surface area contributed by atoms with Gasteiger partial charge in [0.05, 0.1) is 6.20 Å². The molecule has 178 valence electrons. The topological polar surface area (TPSA) is 110 Å². The van der Waals surface area contributed by atoms with Gasteiger partial charge in [0.25, 0.3) is 11.5 Å². The molecule has 0 unspecified atom stereocenters. The van der Waals surface area contributed by atoms with E-state index in [1.165, 1.54) is 12.8 Å². The largest absolute Gasteiger partial charge is 0.341 e. The van der Waals surface area contributed by atoms with Gasteiger partial charge in [0, 0.05) is 50.5 Å². The number of piperazine rings is 1. The number of benzene rings is 1. The van der Waals surface area contributed by atoms with Crippen molar-refractivity contribution in [2.24, 2.45) is 0 Å². The summed E-state index contributed by atoms with van der Waals surface area (Å²) in [5.41, 5.74) is 1.55. The fourth-order valence-electron chi connectivity index (χ4n) is 4.52. The highest BCUT2D eigenvalue weighted by molar-refractivity contribution is 5.95. The molecule has 0 aliphatic carbocycles. The summed E-state index contributed by atoms with van der Waals surface area (Å²) in [6.07, 6.45) is 6.16. The van der Waals surface area contributed by atoms with E-state index in [0.717, 1.165) is 57.8 Å². The second-order valence-electron chi connectivity index (χ2n) is 9.03. The number of anilines is 3. The van der Waals surface area contributed by atoms with E-state index in [0.29, 0.717) is 28.2 Å². The first-order valence-electron chi connectivity index (χ1n) is 11.9. The second kappa shape index (κ2) is 9.76. The lowest BCUT2D eigenvalue weighted by Crippen LogP contribution is -2.47. The lowest BCUT2D eigenvalue weighted by atomic mass is 10.1. The molecule has 0 radical (unpaired) electrons. The number of H-pyrrole nitrogens is 1.